The van der Waals surface area contributed by atoms with E-state index in [0.29, 0.717) is 17.2 Å². The summed E-state index contributed by atoms with van der Waals surface area (Å²) in [6.07, 6.45) is 0. The molecule has 0 aliphatic carbocycles. The van der Waals surface area contributed by atoms with Crippen molar-refractivity contribution in [1.29, 1.82) is 0 Å². The van der Waals surface area contributed by atoms with Gasteiger partial charge in [0.15, 0.2) is 5.65 Å². The Morgan fingerprint density at radius 2 is 1.88 bits per heavy atom. The Balaban J connectivity index is 1.96. The van der Waals surface area contributed by atoms with Gasteiger partial charge >= 0.3 is 0 Å². The minimum Gasteiger partial charge on any atom is -0.398 e. The molecule has 5 heteroatoms. The molecule has 0 aliphatic rings. The number of nitrogens with two attached hydrogens (primary N) is 1. The van der Waals surface area contributed by atoms with Crippen LogP contribution in [-0.2, 0) is 6.54 Å². The van der Waals surface area contributed by atoms with Crippen LogP contribution in [0.4, 0.5) is 17.2 Å². The van der Waals surface area contributed by atoms with Crippen LogP contribution in [0.5, 0.6) is 0 Å². The average molecular weight is 321 g/mol. The summed E-state index contributed by atoms with van der Waals surface area (Å²) in [6.45, 7) is 4.89. The Hall–Kier alpha value is -2.66. The number of benzene rings is 1. The van der Waals surface area contributed by atoms with E-state index in [1.807, 2.05) is 38.1 Å². The Labute approximate surface area is 142 Å². The molecule has 3 rings (SSSR count). The maximum absolute atomic E-state index is 6.23. The van der Waals surface area contributed by atoms with Gasteiger partial charge in [-0.2, -0.15) is 0 Å². The van der Waals surface area contributed by atoms with Gasteiger partial charge in [-0.25, -0.2) is 9.97 Å². The number of aryl methyl sites for hydroxylation is 2. The molecular formula is C19H23N5. The SMILES string of the molecule is Cc1cc(C)c2c(N)cc(Nc3cccc(CN(C)C)c3)nc2n1. The van der Waals surface area contributed by atoms with E-state index in [0.717, 1.165) is 28.9 Å². The molecule has 0 amide bonds. The maximum atomic E-state index is 6.23. The van der Waals surface area contributed by atoms with Crippen molar-refractivity contribution >= 4 is 28.2 Å². The van der Waals surface area contributed by atoms with Crippen molar-refractivity contribution in [2.24, 2.45) is 0 Å². The summed E-state index contributed by atoms with van der Waals surface area (Å²) in [5.74, 6) is 0.708. The van der Waals surface area contributed by atoms with Gasteiger partial charge in [-0.05, 0) is 57.3 Å². The molecule has 0 atom stereocenters. The van der Waals surface area contributed by atoms with Gasteiger partial charge in [0.25, 0.3) is 0 Å². The topological polar surface area (TPSA) is 67.1 Å². The summed E-state index contributed by atoms with van der Waals surface area (Å²) in [4.78, 5) is 11.3. The lowest BCUT2D eigenvalue weighted by Gasteiger charge is -2.13. The molecule has 24 heavy (non-hydrogen) atoms. The molecule has 0 radical (unpaired) electrons. The normalized spacial score (nSPS) is 11.2. The third kappa shape index (κ3) is 3.46. The van der Waals surface area contributed by atoms with Crippen molar-refractivity contribution in [1.82, 2.24) is 14.9 Å². The molecule has 0 unspecified atom stereocenters. The lowest BCUT2D eigenvalue weighted by atomic mass is 10.1. The molecule has 1 aromatic carbocycles. The Morgan fingerprint density at radius 3 is 2.62 bits per heavy atom. The molecule has 0 bridgehead atoms. The average Bonchev–Trinajstić information content (AvgIpc) is 2.45. The van der Waals surface area contributed by atoms with Gasteiger partial charge in [0.2, 0.25) is 0 Å². The predicted octanol–water partition coefficient (Wildman–Crippen LogP) is 3.63. The van der Waals surface area contributed by atoms with E-state index in [4.69, 9.17) is 5.73 Å². The molecule has 0 saturated carbocycles. The molecule has 0 aliphatic heterocycles. The number of fused-ring (bicyclic) bond motifs is 1. The van der Waals surface area contributed by atoms with Crippen LogP contribution in [0.3, 0.4) is 0 Å². The molecular weight excluding hydrogens is 298 g/mol. The fraction of sp³-hybridized carbons (Fsp3) is 0.263. The van der Waals surface area contributed by atoms with E-state index < -0.39 is 0 Å². The van der Waals surface area contributed by atoms with E-state index in [1.54, 1.807) is 0 Å². The first kappa shape index (κ1) is 16.2. The first-order chi connectivity index (χ1) is 11.4. The third-order valence-electron chi connectivity index (χ3n) is 3.83. The number of nitrogens with one attached hydrogen (secondary N) is 1. The summed E-state index contributed by atoms with van der Waals surface area (Å²) in [7, 11) is 4.12. The number of hydrogen-bond acceptors (Lipinski definition) is 5. The smallest absolute Gasteiger partial charge is 0.164 e. The first-order valence-corrected chi connectivity index (χ1v) is 7.97. The molecule has 0 saturated heterocycles. The number of nitrogens with zero attached hydrogens (tertiary/aromatic N) is 3. The van der Waals surface area contributed by atoms with E-state index >= 15 is 0 Å². The zero-order valence-electron chi connectivity index (χ0n) is 14.6. The number of pyridine rings is 2. The highest BCUT2D eigenvalue weighted by molar-refractivity contribution is 5.92. The van der Waals surface area contributed by atoms with Crippen molar-refractivity contribution in [3.05, 3.63) is 53.2 Å². The lowest BCUT2D eigenvalue weighted by Crippen LogP contribution is -2.10. The Kier molecular flexibility index (Phi) is 4.36. The molecule has 0 fully saturated rings. The number of rotatable bonds is 4. The summed E-state index contributed by atoms with van der Waals surface area (Å²) >= 11 is 0. The molecule has 0 spiro atoms. The summed E-state index contributed by atoms with van der Waals surface area (Å²) in [5, 5.41) is 4.26. The molecule has 2 aromatic heterocycles. The second kappa shape index (κ2) is 6.45. The molecule has 5 nitrogen and oxygen atoms in total. The second-order valence-corrected chi connectivity index (χ2v) is 6.44. The van der Waals surface area contributed by atoms with Gasteiger partial charge in [0.05, 0.1) is 0 Å². The quantitative estimate of drug-likeness (QED) is 0.768. The van der Waals surface area contributed by atoms with Gasteiger partial charge in [-0.3, -0.25) is 0 Å². The predicted molar refractivity (Wildman–Crippen MR) is 101 cm³/mol. The van der Waals surface area contributed by atoms with Crippen LogP contribution >= 0.6 is 0 Å². The molecule has 3 N–H and O–H groups in total. The van der Waals surface area contributed by atoms with E-state index in [9.17, 15) is 0 Å². The van der Waals surface area contributed by atoms with Crippen molar-refractivity contribution < 1.29 is 0 Å². The Morgan fingerprint density at radius 1 is 1.08 bits per heavy atom. The standard InChI is InChI=1S/C19H23N5/c1-12-8-13(2)21-19-18(12)16(20)10-17(23-19)22-15-7-5-6-14(9-15)11-24(3)4/h5-10H,11H2,1-4H3,(H3,20,21,22,23). The fourth-order valence-electron chi connectivity index (χ4n) is 2.95. The van der Waals surface area contributed by atoms with Crippen molar-refractivity contribution in [2.45, 2.75) is 20.4 Å². The zero-order valence-corrected chi connectivity index (χ0v) is 14.6. The van der Waals surface area contributed by atoms with Crippen LogP contribution in [0, 0.1) is 13.8 Å². The van der Waals surface area contributed by atoms with Crippen molar-refractivity contribution in [3.8, 4) is 0 Å². The van der Waals surface area contributed by atoms with Crippen LogP contribution < -0.4 is 11.1 Å². The van der Waals surface area contributed by atoms with Gasteiger partial charge in [0, 0.05) is 35.1 Å². The van der Waals surface area contributed by atoms with E-state index in [2.05, 4.69) is 46.4 Å². The van der Waals surface area contributed by atoms with Gasteiger partial charge < -0.3 is 16.0 Å². The number of aromatic nitrogens is 2. The van der Waals surface area contributed by atoms with Crippen LogP contribution in [-0.4, -0.2) is 29.0 Å². The summed E-state index contributed by atoms with van der Waals surface area (Å²) in [5.41, 5.74) is 11.9. The third-order valence-corrected chi connectivity index (χ3v) is 3.83. The second-order valence-electron chi connectivity index (χ2n) is 6.44. The van der Waals surface area contributed by atoms with E-state index in [-0.39, 0.29) is 0 Å². The van der Waals surface area contributed by atoms with Crippen molar-refractivity contribution in [2.75, 3.05) is 25.1 Å². The molecule has 3 aromatic rings. The maximum Gasteiger partial charge on any atom is 0.164 e. The Bertz CT molecular complexity index is 886. The summed E-state index contributed by atoms with van der Waals surface area (Å²) in [6, 6.07) is 12.2. The minimum absolute atomic E-state index is 0.680. The minimum atomic E-state index is 0.680. The van der Waals surface area contributed by atoms with Gasteiger partial charge in [-0.1, -0.05) is 12.1 Å². The monoisotopic (exact) mass is 321 g/mol. The summed E-state index contributed by atoms with van der Waals surface area (Å²) < 4.78 is 0. The lowest BCUT2D eigenvalue weighted by molar-refractivity contribution is 0.402. The highest BCUT2D eigenvalue weighted by Crippen LogP contribution is 2.27. The first-order valence-electron chi connectivity index (χ1n) is 7.97. The highest BCUT2D eigenvalue weighted by Gasteiger charge is 2.09. The molecule has 124 valence electrons. The highest BCUT2D eigenvalue weighted by atomic mass is 15.1. The van der Waals surface area contributed by atoms with Crippen molar-refractivity contribution in [3.63, 3.8) is 0 Å². The van der Waals surface area contributed by atoms with Gasteiger partial charge in [-0.15, -0.1) is 0 Å². The molecule has 2 heterocycles. The largest absolute Gasteiger partial charge is 0.398 e. The van der Waals surface area contributed by atoms with Crippen LogP contribution in [0.2, 0.25) is 0 Å². The van der Waals surface area contributed by atoms with Gasteiger partial charge in [0.1, 0.15) is 5.82 Å². The number of anilines is 3. The van der Waals surface area contributed by atoms with Crippen LogP contribution in [0.15, 0.2) is 36.4 Å². The number of hydrogen-bond donors (Lipinski definition) is 2. The van der Waals surface area contributed by atoms with Crippen LogP contribution in [0.25, 0.3) is 11.0 Å². The van der Waals surface area contributed by atoms with Crippen LogP contribution in [0.1, 0.15) is 16.8 Å². The zero-order chi connectivity index (χ0) is 17.3. The van der Waals surface area contributed by atoms with E-state index in [1.165, 1.54) is 5.56 Å². The number of nitrogen functional groups attached to an aromatic ring is 1. The fourth-order valence-corrected chi connectivity index (χ4v) is 2.95.